The summed E-state index contributed by atoms with van der Waals surface area (Å²) in [5, 5.41) is 18.2. The van der Waals surface area contributed by atoms with Gasteiger partial charge in [0.1, 0.15) is 0 Å². The number of allylic oxidation sites excluding steroid dienone is 2. The Balaban J connectivity index is 2.84. The van der Waals surface area contributed by atoms with Crippen LogP contribution in [0.4, 0.5) is 4.39 Å². The number of aliphatic hydroxyl groups excluding tert-OH is 1. The van der Waals surface area contributed by atoms with E-state index in [0.29, 0.717) is 0 Å². The molecule has 1 rings (SSSR count). The molecule has 10 heavy (non-hydrogen) atoms. The first kappa shape index (κ1) is 8.03. The van der Waals surface area contributed by atoms with Gasteiger partial charge in [0.25, 0.3) is 0 Å². The van der Waals surface area contributed by atoms with Gasteiger partial charge in [0.2, 0.25) is 0 Å². The summed E-state index contributed by atoms with van der Waals surface area (Å²) in [4.78, 5) is 0. The van der Waals surface area contributed by atoms with Crippen molar-refractivity contribution in [3.63, 3.8) is 0 Å². The third-order valence-electron chi connectivity index (χ3n) is 1.50. The van der Waals surface area contributed by atoms with E-state index in [1.165, 1.54) is 23.8 Å². The Morgan fingerprint density at radius 2 is 2.30 bits per heavy atom. The molecule has 1 aliphatic rings. The van der Waals surface area contributed by atoms with Crippen LogP contribution in [0, 0.1) is 0 Å². The number of halogens is 1. The monoisotopic (exact) mass is 136 g/mol. The summed E-state index contributed by atoms with van der Waals surface area (Å²) in [6.45, 7) is 0. The van der Waals surface area contributed by atoms with Gasteiger partial charge in [-0.2, -0.15) is 0 Å². The summed E-state index contributed by atoms with van der Waals surface area (Å²) in [7, 11) is 0. The number of rotatable bonds is 0. The normalized spacial score (nSPS) is 39.7. The first-order valence-electron chi connectivity index (χ1n) is 2.99. The van der Waals surface area contributed by atoms with Crippen molar-refractivity contribution in [2.75, 3.05) is 0 Å². The Bertz CT molecular complexity index is 198. The van der Waals surface area contributed by atoms with Crippen LogP contribution in [0.3, 0.4) is 0 Å². The van der Waals surface area contributed by atoms with Crippen molar-refractivity contribution in [3.05, 3.63) is 24.1 Å². The van der Waals surface area contributed by atoms with E-state index in [9.17, 15) is 9.50 Å². The van der Waals surface area contributed by atoms with E-state index >= 15 is 0 Å². The zero-order chi connectivity index (χ0) is 7.78. The molecule has 0 fully saturated rings. The van der Waals surface area contributed by atoms with Crippen molar-refractivity contribution < 1.29 is 14.6 Å². The van der Waals surface area contributed by atoms with Crippen LogP contribution in [0.15, 0.2) is 24.1 Å². The van der Waals surface area contributed by atoms with E-state index in [0.717, 1.165) is 12.2 Å². The van der Waals surface area contributed by atoms with Crippen molar-refractivity contribution >= 4 is 17.7 Å². The molecular formula is C6H6FLiO2. The molecule has 0 aliphatic heterocycles. The van der Waals surface area contributed by atoms with E-state index in [2.05, 4.69) is 0 Å². The van der Waals surface area contributed by atoms with Gasteiger partial charge in [0.05, 0.1) is 0 Å². The van der Waals surface area contributed by atoms with Gasteiger partial charge in [0.15, 0.2) is 0 Å². The van der Waals surface area contributed by atoms with Gasteiger partial charge in [-0.05, 0) is 0 Å². The maximum atomic E-state index is 12.3. The summed E-state index contributed by atoms with van der Waals surface area (Å²) in [5.74, 6) is -0.515. The van der Waals surface area contributed by atoms with Crippen molar-refractivity contribution in [3.8, 4) is 0 Å². The fourth-order valence-electron chi connectivity index (χ4n) is 0.722. The van der Waals surface area contributed by atoms with Gasteiger partial charge in [-0.1, -0.05) is 0 Å². The van der Waals surface area contributed by atoms with Crippen LogP contribution >= 0.6 is 0 Å². The molecule has 0 spiro atoms. The van der Waals surface area contributed by atoms with E-state index < -0.39 is 16.2 Å². The molecule has 0 bridgehead atoms. The molecule has 0 aromatic rings. The molecule has 0 saturated heterocycles. The number of hydrogen-bond acceptors (Lipinski definition) is 2. The van der Waals surface area contributed by atoms with Gasteiger partial charge < -0.3 is 0 Å². The molecule has 1 aliphatic carbocycles. The molecule has 0 radical (unpaired) electrons. The molecule has 4 heteroatoms. The topological polar surface area (TPSA) is 40.5 Å². The molecule has 2 unspecified atom stereocenters. The van der Waals surface area contributed by atoms with Crippen LogP contribution in [0.5, 0.6) is 0 Å². The predicted octanol–water partition coefficient (Wildman–Crippen LogP) is -0.372. The third kappa shape index (κ3) is 1.50. The average Bonchev–Trinajstić information content (AvgIpc) is 1.81. The van der Waals surface area contributed by atoms with Crippen molar-refractivity contribution in [2.45, 2.75) is 10.4 Å². The summed E-state index contributed by atoms with van der Waals surface area (Å²) in [5.41, 5.74) is 0. The zero-order valence-corrected chi connectivity index (χ0v) is 5.58. The molecule has 0 aromatic heterocycles. The Morgan fingerprint density at radius 1 is 1.70 bits per heavy atom. The number of hydrogen-bond donors (Lipinski definition) is 2. The molecule has 0 aromatic carbocycles. The van der Waals surface area contributed by atoms with Crippen LogP contribution in [-0.4, -0.2) is 38.3 Å². The van der Waals surface area contributed by atoms with Gasteiger partial charge in [-0.3, -0.25) is 0 Å². The van der Waals surface area contributed by atoms with E-state index in [-0.39, 0.29) is 0 Å². The fraction of sp³-hybridized carbons (Fsp3) is 0.333. The maximum absolute atomic E-state index is 12.3. The van der Waals surface area contributed by atoms with Gasteiger partial charge in [-0.25, -0.2) is 0 Å². The van der Waals surface area contributed by atoms with Crippen molar-refractivity contribution in [1.82, 2.24) is 0 Å². The number of aliphatic hydroxyl groups is 2. The summed E-state index contributed by atoms with van der Waals surface area (Å²) >= 11 is 1.41. The first-order valence-corrected chi connectivity index (χ1v) is 2.99. The molecule has 2 atom stereocenters. The Labute approximate surface area is 67.3 Å². The van der Waals surface area contributed by atoms with E-state index in [4.69, 9.17) is 5.11 Å². The molecule has 0 amide bonds. The van der Waals surface area contributed by atoms with Gasteiger partial charge in [0, 0.05) is 0 Å². The molecular weight excluding hydrogens is 130 g/mol. The van der Waals surface area contributed by atoms with Crippen LogP contribution < -0.4 is 0 Å². The quantitative estimate of drug-likeness (QED) is 0.446. The van der Waals surface area contributed by atoms with Crippen molar-refractivity contribution in [1.29, 1.82) is 0 Å². The molecule has 2 N–H and O–H groups in total. The van der Waals surface area contributed by atoms with E-state index in [1.807, 2.05) is 0 Å². The minimum absolute atomic E-state index is 0.515. The third-order valence-corrected chi connectivity index (χ3v) is 1.50. The Kier molecular flexibility index (Phi) is 2.02. The second kappa shape index (κ2) is 2.52. The zero-order valence-electron chi connectivity index (χ0n) is 5.58. The standard InChI is InChI=1S/C6H6FO2.Li/c7-4-1-2-5(8)6(9)3-4;/h1-3,6,8-9H;. The van der Waals surface area contributed by atoms with Crippen LogP contribution in [-0.2, 0) is 0 Å². The van der Waals surface area contributed by atoms with Gasteiger partial charge >= 0.3 is 66.8 Å². The van der Waals surface area contributed by atoms with Gasteiger partial charge in [-0.15, -0.1) is 0 Å². The molecule has 0 saturated carbocycles. The Morgan fingerprint density at radius 3 is 2.70 bits per heavy atom. The second-order valence-electron chi connectivity index (χ2n) is 2.56. The second-order valence-corrected chi connectivity index (χ2v) is 2.56. The average molecular weight is 136 g/mol. The molecule has 50 valence electrons. The summed E-state index contributed by atoms with van der Waals surface area (Å²) in [6.07, 6.45) is 2.19. The SMILES string of the molecule is [Li][C]1(O)C=CC(F)=CC1O. The van der Waals surface area contributed by atoms with Crippen molar-refractivity contribution in [2.24, 2.45) is 0 Å². The summed E-state index contributed by atoms with van der Waals surface area (Å²) in [6, 6.07) is 0. The van der Waals surface area contributed by atoms with Crippen LogP contribution in [0.2, 0.25) is 0 Å². The first-order chi connectivity index (χ1) is 4.52. The Hall–Kier alpha value is -0.0726. The predicted molar refractivity (Wildman–Crippen MR) is 35.0 cm³/mol. The fourth-order valence-corrected chi connectivity index (χ4v) is 0.722. The van der Waals surface area contributed by atoms with Crippen LogP contribution in [0.1, 0.15) is 0 Å². The molecule has 0 heterocycles. The minimum atomic E-state index is -1.32. The van der Waals surface area contributed by atoms with Crippen LogP contribution in [0.25, 0.3) is 0 Å². The van der Waals surface area contributed by atoms with E-state index in [1.54, 1.807) is 0 Å². The molecule has 2 nitrogen and oxygen atoms in total. The summed E-state index contributed by atoms with van der Waals surface area (Å²) < 4.78 is 11.0.